The van der Waals surface area contributed by atoms with Gasteiger partial charge in [-0.15, -0.1) is 0 Å². The van der Waals surface area contributed by atoms with Crippen molar-refractivity contribution >= 4 is 0 Å². The molecule has 0 aromatic heterocycles. The fourth-order valence-electron chi connectivity index (χ4n) is 1.25. The first kappa shape index (κ1) is 8.64. The summed E-state index contributed by atoms with van der Waals surface area (Å²) in [5, 5.41) is 11.5. The minimum absolute atomic E-state index is 0.128. The van der Waals surface area contributed by atoms with Crippen LogP contribution in [0, 0.1) is 11.3 Å². The number of para-hydroxylation sites is 1. The van der Waals surface area contributed by atoms with Gasteiger partial charge in [-0.05, 0) is 12.1 Å². The Morgan fingerprint density at radius 3 is 2.71 bits per heavy atom. The number of rotatable bonds is 3. The van der Waals surface area contributed by atoms with Gasteiger partial charge < -0.3 is 10.1 Å². The van der Waals surface area contributed by atoms with Crippen LogP contribution >= 0.6 is 0 Å². The van der Waals surface area contributed by atoms with Crippen LogP contribution in [0.3, 0.4) is 0 Å². The Balaban J connectivity index is 1.95. The van der Waals surface area contributed by atoms with Crippen molar-refractivity contribution < 1.29 is 4.74 Å². The predicted molar refractivity (Wildman–Crippen MR) is 52.3 cm³/mol. The molecule has 3 nitrogen and oxygen atoms in total. The molecule has 70 valence electrons. The van der Waals surface area contributed by atoms with Gasteiger partial charge in [-0.1, -0.05) is 18.2 Å². The number of benzene rings is 1. The first-order chi connectivity index (χ1) is 6.90. The lowest BCUT2D eigenvalue weighted by atomic mass is 10.1. The Morgan fingerprint density at radius 1 is 1.36 bits per heavy atom. The molecule has 0 amide bonds. The van der Waals surface area contributed by atoms with Crippen molar-refractivity contribution in [3.05, 3.63) is 42.1 Å². The van der Waals surface area contributed by atoms with Crippen LogP contribution in [0.2, 0.25) is 0 Å². The highest BCUT2D eigenvalue weighted by Crippen LogP contribution is 2.19. The van der Waals surface area contributed by atoms with Crippen molar-refractivity contribution in [3.8, 4) is 11.8 Å². The highest BCUT2D eigenvalue weighted by molar-refractivity contribution is 5.26. The van der Waals surface area contributed by atoms with E-state index in [0.717, 1.165) is 11.3 Å². The van der Waals surface area contributed by atoms with Gasteiger partial charge in [-0.2, -0.15) is 5.26 Å². The Bertz CT molecular complexity index is 378. The van der Waals surface area contributed by atoms with E-state index in [1.165, 1.54) is 0 Å². The Labute approximate surface area is 82.6 Å². The van der Waals surface area contributed by atoms with Crippen LogP contribution in [0.15, 0.2) is 42.1 Å². The lowest BCUT2D eigenvalue weighted by Crippen LogP contribution is -2.41. The molecule has 0 bridgehead atoms. The average molecular weight is 186 g/mol. The molecular weight excluding hydrogens is 176 g/mol. The number of hydrogen-bond acceptors (Lipinski definition) is 3. The van der Waals surface area contributed by atoms with E-state index in [9.17, 15) is 0 Å². The van der Waals surface area contributed by atoms with Crippen LogP contribution in [0.1, 0.15) is 6.42 Å². The monoisotopic (exact) mass is 186 g/mol. The molecule has 1 aromatic rings. The third kappa shape index (κ3) is 1.69. The molecule has 3 heteroatoms. The molecule has 1 aliphatic rings. The number of nitrogens with one attached hydrogen (secondary N) is 1. The highest BCUT2D eigenvalue weighted by Gasteiger charge is 2.21. The van der Waals surface area contributed by atoms with Crippen LogP contribution in [0.4, 0.5) is 0 Å². The van der Waals surface area contributed by atoms with Gasteiger partial charge in [0.15, 0.2) is 6.23 Å². The van der Waals surface area contributed by atoms with Gasteiger partial charge in [-0.25, -0.2) is 0 Å². The van der Waals surface area contributed by atoms with Gasteiger partial charge in [0.05, 0.1) is 12.5 Å². The molecule has 1 atom stereocenters. The van der Waals surface area contributed by atoms with Gasteiger partial charge in [0.25, 0.3) is 0 Å². The minimum atomic E-state index is -0.128. The van der Waals surface area contributed by atoms with Gasteiger partial charge in [0, 0.05) is 11.8 Å². The number of ether oxygens (including phenoxy) is 1. The van der Waals surface area contributed by atoms with E-state index in [1.807, 2.05) is 36.5 Å². The third-order valence-electron chi connectivity index (χ3n) is 2.04. The van der Waals surface area contributed by atoms with Crippen LogP contribution < -0.4 is 10.1 Å². The molecular formula is C11H10N2O. The largest absolute Gasteiger partial charge is 0.467 e. The SMILES string of the molecule is N#CCC1=CN[C@@H]1Oc1ccccc1. The summed E-state index contributed by atoms with van der Waals surface area (Å²) >= 11 is 0. The molecule has 0 aliphatic carbocycles. The fraction of sp³-hybridized carbons (Fsp3) is 0.182. The lowest BCUT2D eigenvalue weighted by molar-refractivity contribution is 0.190. The maximum atomic E-state index is 8.51. The van der Waals surface area contributed by atoms with Crippen LogP contribution in [0.5, 0.6) is 5.75 Å². The standard InChI is InChI=1S/C11H10N2O/c12-7-6-9-8-13-11(9)14-10-4-2-1-3-5-10/h1-5,8,11,13H,6H2/t11-/m1/s1. The van der Waals surface area contributed by atoms with Crippen molar-refractivity contribution in [1.82, 2.24) is 5.32 Å². The first-order valence-corrected chi connectivity index (χ1v) is 4.44. The second kappa shape index (κ2) is 3.84. The molecule has 0 unspecified atom stereocenters. The maximum absolute atomic E-state index is 8.51. The molecule has 1 heterocycles. The van der Waals surface area contributed by atoms with E-state index in [4.69, 9.17) is 10.00 Å². The Hall–Kier alpha value is -1.95. The molecule has 0 saturated carbocycles. The molecule has 0 radical (unpaired) electrons. The van der Waals surface area contributed by atoms with Crippen LogP contribution in [-0.4, -0.2) is 6.23 Å². The van der Waals surface area contributed by atoms with Gasteiger partial charge in [0.1, 0.15) is 5.75 Å². The summed E-state index contributed by atoms with van der Waals surface area (Å²) < 4.78 is 5.58. The zero-order chi connectivity index (χ0) is 9.80. The van der Waals surface area contributed by atoms with Crippen molar-refractivity contribution in [3.63, 3.8) is 0 Å². The molecule has 14 heavy (non-hydrogen) atoms. The molecule has 2 rings (SSSR count). The molecule has 0 saturated heterocycles. The number of nitriles is 1. The van der Waals surface area contributed by atoms with Crippen molar-refractivity contribution in [2.45, 2.75) is 12.6 Å². The van der Waals surface area contributed by atoms with E-state index in [-0.39, 0.29) is 6.23 Å². The van der Waals surface area contributed by atoms with Crippen LogP contribution in [-0.2, 0) is 0 Å². The van der Waals surface area contributed by atoms with Crippen molar-refractivity contribution in [1.29, 1.82) is 5.26 Å². The molecule has 1 aromatic carbocycles. The fourth-order valence-corrected chi connectivity index (χ4v) is 1.25. The lowest BCUT2D eigenvalue weighted by Gasteiger charge is -2.28. The normalized spacial score (nSPS) is 18.5. The summed E-state index contributed by atoms with van der Waals surface area (Å²) in [7, 11) is 0. The summed E-state index contributed by atoms with van der Waals surface area (Å²) in [5.41, 5.74) is 0.997. The quantitative estimate of drug-likeness (QED) is 0.782. The molecule has 1 N–H and O–H groups in total. The van der Waals surface area contributed by atoms with Gasteiger partial charge in [-0.3, -0.25) is 0 Å². The molecule has 1 aliphatic heterocycles. The van der Waals surface area contributed by atoms with Gasteiger partial charge in [0.2, 0.25) is 0 Å². The zero-order valence-electron chi connectivity index (χ0n) is 7.60. The predicted octanol–water partition coefficient (Wildman–Crippen LogP) is 1.79. The Morgan fingerprint density at radius 2 is 2.14 bits per heavy atom. The molecule has 0 spiro atoms. The number of hydrogen-bond donors (Lipinski definition) is 1. The second-order valence-electron chi connectivity index (χ2n) is 3.03. The second-order valence-corrected chi connectivity index (χ2v) is 3.03. The van der Waals surface area contributed by atoms with E-state index >= 15 is 0 Å². The van der Waals surface area contributed by atoms with Crippen LogP contribution in [0.25, 0.3) is 0 Å². The van der Waals surface area contributed by atoms with E-state index in [1.54, 1.807) is 0 Å². The van der Waals surface area contributed by atoms with Gasteiger partial charge >= 0.3 is 0 Å². The summed E-state index contributed by atoms with van der Waals surface area (Å²) in [5.74, 6) is 0.813. The van der Waals surface area contributed by atoms with E-state index in [0.29, 0.717) is 6.42 Å². The highest BCUT2D eigenvalue weighted by atomic mass is 16.5. The van der Waals surface area contributed by atoms with E-state index < -0.39 is 0 Å². The third-order valence-corrected chi connectivity index (χ3v) is 2.04. The summed E-state index contributed by atoms with van der Waals surface area (Å²) in [4.78, 5) is 0. The molecule has 0 fully saturated rings. The minimum Gasteiger partial charge on any atom is -0.467 e. The maximum Gasteiger partial charge on any atom is 0.194 e. The Kier molecular flexibility index (Phi) is 2.37. The topological polar surface area (TPSA) is 45.0 Å². The van der Waals surface area contributed by atoms with Crippen molar-refractivity contribution in [2.75, 3.05) is 0 Å². The average Bonchev–Trinajstić information content (AvgIpc) is 2.23. The zero-order valence-corrected chi connectivity index (χ0v) is 7.60. The van der Waals surface area contributed by atoms with E-state index in [2.05, 4.69) is 11.4 Å². The van der Waals surface area contributed by atoms with Crippen molar-refractivity contribution in [2.24, 2.45) is 0 Å². The smallest absolute Gasteiger partial charge is 0.194 e. The summed E-state index contributed by atoms with van der Waals surface area (Å²) in [6, 6.07) is 11.7. The summed E-state index contributed by atoms with van der Waals surface area (Å²) in [6.45, 7) is 0. The number of nitrogens with zero attached hydrogens (tertiary/aromatic N) is 1. The summed E-state index contributed by atoms with van der Waals surface area (Å²) in [6.07, 6.45) is 2.11. The first-order valence-electron chi connectivity index (χ1n) is 4.44.